The van der Waals surface area contributed by atoms with Gasteiger partial charge < -0.3 is 4.42 Å². The number of hydrogen-bond acceptors (Lipinski definition) is 1. The molecule has 1 heterocycles. The first-order chi connectivity index (χ1) is 35.0. The second-order valence-corrected chi connectivity index (χ2v) is 18.3. The lowest BCUT2D eigenvalue weighted by Gasteiger charge is -2.33. The van der Waals surface area contributed by atoms with Crippen LogP contribution in [0.15, 0.2) is 4.42 Å². The first kappa shape index (κ1) is 54.0. The van der Waals surface area contributed by atoms with E-state index in [9.17, 15) is 0 Å². The third-order valence-electron chi connectivity index (χ3n) is 14.7. The minimum atomic E-state index is -0.289. The molecule has 0 amide bonds. The molecule has 75 heavy (non-hydrogen) atoms. The molecule has 10 rings (SSSR count). The van der Waals surface area contributed by atoms with Crippen LogP contribution < -0.4 is 153 Å². The zero-order valence-corrected chi connectivity index (χ0v) is 39.6. The van der Waals surface area contributed by atoms with Gasteiger partial charge in [-0.05, 0) is 76.5 Å². The topological polar surface area (TPSA) is 13.1 Å². The Hall–Kier alpha value is -4.36. The van der Waals surface area contributed by atoms with Gasteiger partial charge in [0.05, 0.1) is 0 Å². The minimum absolute atomic E-state index is 0.00603. The van der Waals surface area contributed by atoms with Gasteiger partial charge in [0.1, 0.15) is 231 Å². The SMILES string of the molecule is [B]c1c([B])c([B])c2c(oc3c([B])c([B])c([B])c(-c4c5c([B])c([B])c([B])c([B])c5c(-c5c([B])c([B])c(-c6c([B])c([B])c7c([B])c([B])c([B])c([B])c7c6[B])c6c([B])c([B])c([B])c([B])c56)c5c([B])c([B])c([B])c([B])c45)c32)c1[B]. The molecule has 0 unspecified atom stereocenters. The van der Waals surface area contributed by atoms with E-state index in [2.05, 4.69) is 0 Å². The number of rotatable bonds is 3. The lowest BCUT2D eigenvalue weighted by molar-refractivity contribution is 0.675. The molecule has 1 aromatic heterocycles. The molecule has 0 aliphatic rings. The summed E-state index contributed by atoms with van der Waals surface area (Å²) in [5.41, 5.74) is -5.30. The van der Waals surface area contributed by atoms with Crippen molar-refractivity contribution in [2.24, 2.45) is 0 Å². The monoisotopic (exact) mass is 876 g/mol. The van der Waals surface area contributed by atoms with Crippen molar-refractivity contribution >= 4 is 438 Å². The van der Waals surface area contributed by atoms with E-state index in [1.807, 2.05) is 0 Å². The maximum absolute atomic E-state index is 7.40. The van der Waals surface area contributed by atoms with E-state index in [-0.39, 0.29) is 251 Å². The van der Waals surface area contributed by atoms with Crippen LogP contribution in [0.3, 0.4) is 0 Å². The van der Waals surface area contributed by atoms with Crippen molar-refractivity contribution in [1.29, 1.82) is 0 Å². The van der Waals surface area contributed by atoms with Gasteiger partial charge in [0.25, 0.3) is 0 Å². The first-order valence-electron chi connectivity index (χ1n) is 22.0. The molecule has 10 aromatic rings. The summed E-state index contributed by atoms with van der Waals surface area (Å²) in [6, 6.07) is 0. The maximum atomic E-state index is 7.40. The van der Waals surface area contributed by atoms with Gasteiger partial charge in [0, 0.05) is 10.8 Å². The summed E-state index contributed by atoms with van der Waals surface area (Å²) >= 11 is 0. The lowest BCUT2D eigenvalue weighted by Crippen LogP contribution is -2.53. The van der Waals surface area contributed by atoms with Gasteiger partial charge in [-0.25, -0.2) is 0 Å². The summed E-state index contributed by atoms with van der Waals surface area (Å²) in [6.45, 7) is 0. The predicted molar refractivity (Wildman–Crippen MR) is 351 cm³/mol. The highest BCUT2D eigenvalue weighted by molar-refractivity contribution is 6.78. The fourth-order valence-electron chi connectivity index (χ4n) is 10.7. The molecule has 1 nitrogen and oxygen atoms in total. The Morgan fingerprint density at radius 2 is 0.307 bits per heavy atom. The van der Waals surface area contributed by atoms with Gasteiger partial charge in [0.15, 0.2) is 0 Å². The van der Waals surface area contributed by atoms with Gasteiger partial charge in [-0.2, -0.15) is 0 Å². The van der Waals surface area contributed by atoms with Gasteiger partial charge in [-0.3, -0.25) is 0 Å². The van der Waals surface area contributed by atoms with Crippen molar-refractivity contribution in [2.75, 3.05) is 0 Å². The number of furan rings is 1. The highest BCUT2D eigenvalue weighted by Crippen LogP contribution is 2.44. The van der Waals surface area contributed by atoms with Crippen LogP contribution in [-0.4, -0.2) is 220 Å². The Labute approximate surface area is 472 Å². The van der Waals surface area contributed by atoms with Crippen LogP contribution in [0.4, 0.5) is 0 Å². The largest absolute Gasteiger partial charge is 0.457 e. The molecule has 56 radical (unpaired) electrons. The zero-order valence-electron chi connectivity index (χ0n) is 39.6. The van der Waals surface area contributed by atoms with Crippen molar-refractivity contribution in [3.8, 4) is 33.4 Å². The molecule has 0 bridgehead atoms. The molecule has 0 aliphatic carbocycles. The van der Waals surface area contributed by atoms with Crippen molar-refractivity contribution in [3.05, 3.63) is 0 Å². The predicted octanol–water partition coefficient (Wildman–Crippen LogP) is -20.6. The molecule has 0 aliphatic heterocycles. The fourth-order valence-corrected chi connectivity index (χ4v) is 10.7. The van der Waals surface area contributed by atoms with E-state index < -0.39 is 0 Å². The molecule has 29 heteroatoms. The molecular weight excluding hydrogens is 871 g/mol. The second kappa shape index (κ2) is 18.1. The van der Waals surface area contributed by atoms with E-state index >= 15 is 0 Å². The third-order valence-corrected chi connectivity index (χ3v) is 14.7. The van der Waals surface area contributed by atoms with E-state index in [1.54, 1.807) is 0 Å². The number of fused-ring (bicyclic) bond motifs is 7. The van der Waals surface area contributed by atoms with E-state index in [1.165, 1.54) is 0 Å². The summed E-state index contributed by atoms with van der Waals surface area (Å²) in [5.74, 6) is 0. The summed E-state index contributed by atoms with van der Waals surface area (Å²) in [7, 11) is 191. The fraction of sp³-hybridized carbons (Fsp3) is 0. The van der Waals surface area contributed by atoms with E-state index in [0.717, 1.165) is 0 Å². The van der Waals surface area contributed by atoms with Crippen molar-refractivity contribution in [1.82, 2.24) is 0 Å². The minimum Gasteiger partial charge on any atom is -0.457 e. The standard InChI is InChI=1S/C46B28O/c47-17-13(27(57)28(58)15-14(17)29(59)38(68)39(69)30(15)60)11-10-9(25(55)36(66)37(67)26(10)56)7(18(48)19(11)49)1-3-5(22(52)34(64)32(62)20(3)50)2(6-4(1)21(51)33(63)35(65)23(6)53)8-12-16-31(61)40(70)42(72)44(74)46(16)75-45(12)43(73)41(71)24(8)54. The van der Waals surface area contributed by atoms with Gasteiger partial charge in [0.2, 0.25) is 0 Å². The molecule has 9 aromatic carbocycles. The number of benzene rings is 9. The van der Waals surface area contributed by atoms with Gasteiger partial charge in [-0.1, -0.05) is 92.9 Å². The Bertz CT molecular complexity index is 4360. The first-order valence-corrected chi connectivity index (χ1v) is 22.0. The highest BCUT2D eigenvalue weighted by Gasteiger charge is 2.32. The second-order valence-electron chi connectivity index (χ2n) is 18.3. The highest BCUT2D eigenvalue weighted by atomic mass is 16.3. The Morgan fingerprint density at radius 3 is 0.653 bits per heavy atom. The van der Waals surface area contributed by atoms with Gasteiger partial charge >= 0.3 is 0 Å². The van der Waals surface area contributed by atoms with Crippen LogP contribution in [0, 0.1) is 0 Å². The van der Waals surface area contributed by atoms with Crippen LogP contribution in [0.5, 0.6) is 0 Å². The molecular formula is C46B28O. The lowest BCUT2D eigenvalue weighted by atomic mass is 9.55. The van der Waals surface area contributed by atoms with Crippen LogP contribution in [-0.2, 0) is 0 Å². The summed E-state index contributed by atoms with van der Waals surface area (Å²) in [6.07, 6.45) is 0. The van der Waals surface area contributed by atoms with Crippen molar-refractivity contribution in [3.63, 3.8) is 0 Å². The van der Waals surface area contributed by atoms with Gasteiger partial charge in [-0.15, -0.1) is 60.1 Å². The summed E-state index contributed by atoms with van der Waals surface area (Å²) in [5, 5.41) is 0.0421. The van der Waals surface area contributed by atoms with Crippen LogP contribution in [0.2, 0.25) is 0 Å². The van der Waals surface area contributed by atoms with Crippen molar-refractivity contribution < 1.29 is 4.42 Å². The van der Waals surface area contributed by atoms with Crippen molar-refractivity contribution in [2.45, 2.75) is 0 Å². The summed E-state index contributed by atoms with van der Waals surface area (Å²) in [4.78, 5) is 0. The average molecular weight is 871 g/mol. The Kier molecular flexibility index (Phi) is 13.0. The van der Waals surface area contributed by atoms with Crippen LogP contribution >= 0.6 is 0 Å². The maximum Gasteiger partial charge on any atom is 0.128 e. The zero-order chi connectivity index (χ0) is 55.3. The normalized spacial score (nSPS) is 11.9. The van der Waals surface area contributed by atoms with E-state index in [4.69, 9.17) is 224 Å². The molecule has 0 atom stereocenters. The Morgan fingerprint density at radius 1 is 0.120 bits per heavy atom. The molecule has 0 N–H and O–H groups in total. The van der Waals surface area contributed by atoms with Crippen LogP contribution in [0.25, 0.3) is 98.4 Å². The quantitative estimate of drug-likeness (QED) is 0.127. The number of hydrogen-bond donors (Lipinski definition) is 0. The average Bonchev–Trinajstić information content (AvgIpc) is 3.83. The summed E-state index contributed by atoms with van der Waals surface area (Å²) < 4.78 is 6.35. The Balaban J connectivity index is 1.56. The molecule has 274 valence electrons. The molecule has 0 fully saturated rings. The third kappa shape index (κ3) is 6.85. The molecule has 0 saturated carbocycles. The van der Waals surface area contributed by atoms with E-state index in [0.29, 0.717) is 0 Å². The molecule has 0 spiro atoms. The molecule has 0 saturated heterocycles. The van der Waals surface area contributed by atoms with Crippen LogP contribution in [0.1, 0.15) is 0 Å². The smallest absolute Gasteiger partial charge is 0.128 e.